The van der Waals surface area contributed by atoms with Crippen molar-refractivity contribution in [2.24, 2.45) is 0 Å². The number of aromatic nitrogens is 5. The SMILES string of the molecule is N#Cc1cc(F)ccc1Sc1cc(-c2cnn([C@H]3CCCNC3)n2)cn2ncc(C#N)c12. The maximum Gasteiger partial charge on any atom is 0.124 e. The van der Waals surface area contributed by atoms with Crippen LogP contribution in [0.5, 0.6) is 0 Å². The average molecular weight is 444 g/mol. The Morgan fingerprint density at radius 1 is 1.09 bits per heavy atom. The molecule has 1 N–H and O–H groups in total. The molecule has 3 aromatic heterocycles. The fourth-order valence-electron chi connectivity index (χ4n) is 3.80. The van der Waals surface area contributed by atoms with Crippen molar-refractivity contribution in [3.05, 3.63) is 59.8 Å². The molecular formula is C22H17FN8S. The molecular weight excluding hydrogens is 427 g/mol. The summed E-state index contributed by atoms with van der Waals surface area (Å²) in [7, 11) is 0. The minimum atomic E-state index is -0.472. The van der Waals surface area contributed by atoms with Crippen LogP contribution in [0, 0.1) is 28.5 Å². The molecule has 5 rings (SSSR count). The number of rotatable bonds is 4. The number of hydrogen-bond acceptors (Lipinski definition) is 7. The zero-order valence-electron chi connectivity index (χ0n) is 16.9. The van der Waals surface area contributed by atoms with Crippen molar-refractivity contribution in [3.8, 4) is 23.4 Å². The Bertz CT molecular complexity index is 1390. The molecule has 0 aliphatic carbocycles. The second kappa shape index (κ2) is 8.42. The van der Waals surface area contributed by atoms with E-state index < -0.39 is 5.82 Å². The molecule has 0 radical (unpaired) electrons. The third-order valence-corrected chi connectivity index (χ3v) is 6.49. The molecule has 8 nitrogen and oxygen atoms in total. The Kier molecular flexibility index (Phi) is 5.31. The second-order valence-electron chi connectivity index (χ2n) is 7.46. The van der Waals surface area contributed by atoms with Crippen molar-refractivity contribution in [1.82, 2.24) is 29.9 Å². The topological polar surface area (TPSA) is 108 Å². The summed E-state index contributed by atoms with van der Waals surface area (Å²) < 4.78 is 15.2. The lowest BCUT2D eigenvalue weighted by atomic mass is 10.1. The van der Waals surface area contributed by atoms with Gasteiger partial charge in [-0.2, -0.15) is 30.6 Å². The first-order chi connectivity index (χ1) is 15.7. The maximum absolute atomic E-state index is 13.6. The van der Waals surface area contributed by atoms with Crippen LogP contribution >= 0.6 is 11.8 Å². The molecule has 0 saturated carbocycles. The van der Waals surface area contributed by atoms with Crippen LogP contribution in [0.3, 0.4) is 0 Å². The summed E-state index contributed by atoms with van der Waals surface area (Å²) in [6.45, 7) is 1.84. The van der Waals surface area contributed by atoms with Crippen molar-refractivity contribution < 1.29 is 4.39 Å². The summed E-state index contributed by atoms with van der Waals surface area (Å²) in [5, 5.41) is 35.8. The summed E-state index contributed by atoms with van der Waals surface area (Å²) >= 11 is 1.29. The number of pyridine rings is 1. The van der Waals surface area contributed by atoms with Gasteiger partial charge in [0.25, 0.3) is 0 Å². The van der Waals surface area contributed by atoms with E-state index in [1.54, 1.807) is 21.6 Å². The zero-order valence-corrected chi connectivity index (χ0v) is 17.7. The van der Waals surface area contributed by atoms with Gasteiger partial charge < -0.3 is 5.32 Å². The molecule has 0 unspecified atom stereocenters. The van der Waals surface area contributed by atoms with E-state index in [1.807, 2.05) is 18.3 Å². The number of nitrogens with zero attached hydrogens (tertiary/aromatic N) is 7. The first-order valence-corrected chi connectivity index (χ1v) is 10.9. The average Bonchev–Trinajstić information content (AvgIpc) is 3.48. The summed E-state index contributed by atoms with van der Waals surface area (Å²) in [6.07, 6.45) is 7.13. The van der Waals surface area contributed by atoms with Gasteiger partial charge in [-0.1, -0.05) is 11.8 Å². The number of piperidine rings is 1. The van der Waals surface area contributed by atoms with E-state index in [0.29, 0.717) is 26.6 Å². The van der Waals surface area contributed by atoms with Gasteiger partial charge in [-0.15, -0.1) is 0 Å². The number of fused-ring (bicyclic) bond motifs is 1. The van der Waals surface area contributed by atoms with Gasteiger partial charge in [0.15, 0.2) is 0 Å². The van der Waals surface area contributed by atoms with Gasteiger partial charge in [0.05, 0.1) is 35.1 Å². The molecule has 10 heteroatoms. The number of hydrogen-bond donors (Lipinski definition) is 1. The molecule has 0 bridgehead atoms. The molecule has 1 saturated heterocycles. The second-order valence-corrected chi connectivity index (χ2v) is 8.54. The number of halogens is 1. The van der Waals surface area contributed by atoms with Crippen LogP contribution in [-0.2, 0) is 0 Å². The molecule has 4 aromatic rings. The normalized spacial score (nSPS) is 16.0. The summed E-state index contributed by atoms with van der Waals surface area (Å²) in [5.41, 5.74) is 2.73. The summed E-state index contributed by atoms with van der Waals surface area (Å²) in [6, 6.07) is 10.4. The lowest BCUT2D eigenvalue weighted by molar-refractivity contribution is 0.318. The molecule has 1 aromatic carbocycles. The highest BCUT2D eigenvalue weighted by Crippen LogP contribution is 2.37. The highest BCUT2D eigenvalue weighted by Gasteiger charge is 2.19. The highest BCUT2D eigenvalue weighted by molar-refractivity contribution is 7.99. The van der Waals surface area contributed by atoms with Gasteiger partial charge in [0.1, 0.15) is 23.6 Å². The molecule has 1 fully saturated rings. The molecule has 32 heavy (non-hydrogen) atoms. The monoisotopic (exact) mass is 444 g/mol. The smallest absolute Gasteiger partial charge is 0.124 e. The van der Waals surface area contributed by atoms with Gasteiger partial charge in [-0.3, -0.25) is 0 Å². The van der Waals surface area contributed by atoms with Gasteiger partial charge in [-0.25, -0.2) is 8.91 Å². The van der Waals surface area contributed by atoms with E-state index in [0.717, 1.165) is 31.5 Å². The van der Waals surface area contributed by atoms with Crippen molar-refractivity contribution in [3.63, 3.8) is 0 Å². The Morgan fingerprint density at radius 3 is 2.75 bits per heavy atom. The van der Waals surface area contributed by atoms with Crippen LogP contribution in [0.25, 0.3) is 16.8 Å². The van der Waals surface area contributed by atoms with Crippen molar-refractivity contribution >= 4 is 17.3 Å². The Balaban J connectivity index is 1.58. The lowest BCUT2D eigenvalue weighted by Gasteiger charge is -2.21. The lowest BCUT2D eigenvalue weighted by Crippen LogP contribution is -2.32. The third kappa shape index (κ3) is 3.71. The molecule has 1 aliphatic rings. The Hall–Kier alpha value is -3.73. The largest absolute Gasteiger partial charge is 0.315 e. The Labute approximate surface area is 187 Å². The van der Waals surface area contributed by atoms with Gasteiger partial charge in [0.2, 0.25) is 0 Å². The van der Waals surface area contributed by atoms with E-state index in [-0.39, 0.29) is 11.6 Å². The van der Waals surface area contributed by atoms with Gasteiger partial charge in [-0.05, 0) is 43.7 Å². The van der Waals surface area contributed by atoms with Crippen LogP contribution in [0.2, 0.25) is 0 Å². The van der Waals surface area contributed by atoms with Gasteiger partial charge in [0, 0.05) is 28.1 Å². The van der Waals surface area contributed by atoms with E-state index in [1.165, 1.54) is 30.1 Å². The molecule has 1 atom stereocenters. The molecule has 158 valence electrons. The van der Waals surface area contributed by atoms with Gasteiger partial charge >= 0.3 is 0 Å². The standard InChI is InChI=1S/C22H17FN8S/c23-17-3-4-20(14(6-17)8-24)32-21-7-15(13-30-22(21)16(9-25)10-27-30)19-12-28-31(29-19)18-2-1-5-26-11-18/h3-4,6-7,10,12-13,18,26H,1-2,5,11H2/t18-/m0/s1. The Morgan fingerprint density at radius 2 is 1.97 bits per heavy atom. The van der Waals surface area contributed by atoms with E-state index in [9.17, 15) is 14.9 Å². The van der Waals surface area contributed by atoms with Crippen LogP contribution in [0.4, 0.5) is 4.39 Å². The number of nitrogens with one attached hydrogen (secondary N) is 1. The summed E-state index contributed by atoms with van der Waals surface area (Å²) in [5.74, 6) is -0.472. The van der Waals surface area contributed by atoms with Crippen LogP contribution < -0.4 is 5.32 Å². The fraction of sp³-hybridized carbons (Fsp3) is 0.227. The van der Waals surface area contributed by atoms with E-state index in [4.69, 9.17) is 0 Å². The van der Waals surface area contributed by atoms with Crippen LogP contribution in [0.1, 0.15) is 30.0 Å². The molecule has 4 heterocycles. The van der Waals surface area contributed by atoms with Crippen LogP contribution in [0.15, 0.2) is 52.6 Å². The third-order valence-electron chi connectivity index (χ3n) is 5.38. The van der Waals surface area contributed by atoms with Crippen molar-refractivity contribution in [2.75, 3.05) is 13.1 Å². The minimum Gasteiger partial charge on any atom is -0.315 e. The van der Waals surface area contributed by atoms with E-state index in [2.05, 4.69) is 26.7 Å². The minimum absolute atomic E-state index is 0.211. The predicted molar refractivity (Wildman–Crippen MR) is 115 cm³/mol. The zero-order chi connectivity index (χ0) is 22.1. The number of benzene rings is 1. The molecule has 0 spiro atoms. The first kappa shape index (κ1) is 20.2. The maximum atomic E-state index is 13.6. The highest BCUT2D eigenvalue weighted by atomic mass is 32.2. The first-order valence-electron chi connectivity index (χ1n) is 10.1. The number of nitriles is 2. The quantitative estimate of drug-likeness (QED) is 0.513. The van der Waals surface area contributed by atoms with Crippen molar-refractivity contribution in [2.45, 2.75) is 28.7 Å². The van der Waals surface area contributed by atoms with Crippen LogP contribution in [-0.4, -0.2) is 37.7 Å². The van der Waals surface area contributed by atoms with Crippen molar-refractivity contribution in [1.29, 1.82) is 10.5 Å². The summed E-state index contributed by atoms with van der Waals surface area (Å²) in [4.78, 5) is 3.05. The fourth-order valence-corrected chi connectivity index (χ4v) is 4.87. The molecule has 0 amide bonds. The predicted octanol–water partition coefficient (Wildman–Crippen LogP) is 3.55. The van der Waals surface area contributed by atoms with E-state index >= 15 is 0 Å². The molecule has 1 aliphatic heterocycles.